The monoisotopic (exact) mass is 343 g/mol. The molecular weight excluding hydrogens is 322 g/mol. The van der Waals surface area contributed by atoms with Crippen LogP contribution >= 0.6 is 0 Å². The lowest BCUT2D eigenvalue weighted by molar-refractivity contribution is -0.145. The number of benzene rings is 2. The van der Waals surface area contributed by atoms with E-state index in [1.54, 1.807) is 55.6 Å². The Morgan fingerprint density at radius 3 is 2.24 bits per heavy atom. The summed E-state index contributed by atoms with van der Waals surface area (Å²) in [5.74, 6) is -0.371. The van der Waals surface area contributed by atoms with E-state index in [1.807, 2.05) is 0 Å². The molecule has 0 bridgehead atoms. The molecule has 0 spiro atoms. The van der Waals surface area contributed by atoms with Crippen molar-refractivity contribution in [3.8, 4) is 11.5 Å². The molecule has 0 radical (unpaired) electrons. The third-order valence-corrected chi connectivity index (χ3v) is 3.81. The first-order valence-electron chi connectivity index (χ1n) is 7.81. The maximum absolute atomic E-state index is 12.2. The van der Waals surface area contributed by atoms with Crippen LogP contribution in [0.15, 0.2) is 48.5 Å². The number of amides is 1. The fourth-order valence-corrected chi connectivity index (χ4v) is 2.38. The Labute approximate surface area is 146 Å². The highest BCUT2D eigenvalue weighted by Crippen LogP contribution is 2.15. The van der Waals surface area contributed by atoms with Gasteiger partial charge >= 0.3 is 5.97 Å². The van der Waals surface area contributed by atoms with Crippen LogP contribution < -0.4 is 10.1 Å². The average molecular weight is 343 g/mol. The largest absolute Gasteiger partial charge is 0.508 e. The minimum Gasteiger partial charge on any atom is -0.508 e. The lowest BCUT2D eigenvalue weighted by Gasteiger charge is -2.16. The quantitative estimate of drug-likeness (QED) is 0.753. The number of ether oxygens (including phenoxy) is 2. The van der Waals surface area contributed by atoms with Crippen molar-refractivity contribution < 1.29 is 24.2 Å². The van der Waals surface area contributed by atoms with E-state index in [-0.39, 0.29) is 18.2 Å². The van der Waals surface area contributed by atoms with Crippen molar-refractivity contribution in [3.05, 3.63) is 59.7 Å². The fraction of sp³-hybridized carbons (Fsp3) is 0.263. The highest BCUT2D eigenvalue weighted by Gasteiger charge is 2.21. The summed E-state index contributed by atoms with van der Waals surface area (Å²) in [5.41, 5.74) is 1.35. The maximum atomic E-state index is 12.2. The second-order valence-electron chi connectivity index (χ2n) is 5.53. The molecule has 132 valence electrons. The molecule has 6 heteroatoms. The molecule has 0 unspecified atom stereocenters. The number of carbonyl (C=O) groups excluding carboxylic acids is 2. The van der Waals surface area contributed by atoms with Crippen molar-refractivity contribution in [2.24, 2.45) is 5.92 Å². The summed E-state index contributed by atoms with van der Waals surface area (Å²) in [6.45, 7) is 0.151. The van der Waals surface area contributed by atoms with Crippen LogP contribution in [0.2, 0.25) is 0 Å². The number of carbonyl (C=O) groups is 2. The van der Waals surface area contributed by atoms with Crippen molar-refractivity contribution in [2.45, 2.75) is 6.42 Å². The number of hydrogen-bond donors (Lipinski definition) is 2. The zero-order chi connectivity index (χ0) is 18.2. The van der Waals surface area contributed by atoms with Crippen molar-refractivity contribution in [1.82, 2.24) is 5.32 Å². The lowest BCUT2D eigenvalue weighted by Crippen LogP contribution is -2.34. The van der Waals surface area contributed by atoms with E-state index in [2.05, 4.69) is 5.32 Å². The molecule has 25 heavy (non-hydrogen) atoms. The van der Waals surface area contributed by atoms with Gasteiger partial charge in [-0.2, -0.15) is 0 Å². The normalized spacial score (nSPS) is 11.4. The lowest BCUT2D eigenvalue weighted by atomic mass is 9.99. The highest BCUT2D eigenvalue weighted by molar-refractivity contribution is 5.94. The molecule has 1 atom stereocenters. The van der Waals surface area contributed by atoms with E-state index >= 15 is 0 Å². The number of methoxy groups -OCH3 is 2. The average Bonchev–Trinajstić information content (AvgIpc) is 2.65. The Morgan fingerprint density at radius 1 is 1.04 bits per heavy atom. The Hall–Kier alpha value is -3.02. The molecule has 0 aliphatic rings. The van der Waals surface area contributed by atoms with Gasteiger partial charge in [-0.25, -0.2) is 0 Å². The van der Waals surface area contributed by atoms with Crippen LogP contribution in [-0.2, 0) is 16.0 Å². The van der Waals surface area contributed by atoms with Crippen molar-refractivity contribution in [2.75, 3.05) is 20.8 Å². The standard InChI is InChI=1S/C19H21NO5/c1-24-17-9-5-14(6-10-17)18(22)20-12-15(19(23)25-2)11-13-3-7-16(21)8-4-13/h3-10,15,21H,11-12H2,1-2H3,(H,20,22)/t15-/m0/s1. The molecule has 0 fully saturated rings. The zero-order valence-electron chi connectivity index (χ0n) is 14.2. The zero-order valence-corrected chi connectivity index (χ0v) is 14.2. The van der Waals surface area contributed by atoms with Gasteiger partial charge in [0.25, 0.3) is 5.91 Å². The van der Waals surface area contributed by atoms with Gasteiger partial charge in [0, 0.05) is 12.1 Å². The van der Waals surface area contributed by atoms with Gasteiger partial charge in [0.05, 0.1) is 20.1 Å². The molecule has 0 aliphatic heterocycles. The van der Waals surface area contributed by atoms with Gasteiger partial charge in [-0.1, -0.05) is 12.1 Å². The van der Waals surface area contributed by atoms with Gasteiger partial charge in [-0.05, 0) is 48.4 Å². The van der Waals surface area contributed by atoms with Gasteiger partial charge < -0.3 is 19.9 Å². The van der Waals surface area contributed by atoms with Gasteiger partial charge in [-0.3, -0.25) is 9.59 Å². The second kappa shape index (κ2) is 8.73. The second-order valence-corrected chi connectivity index (χ2v) is 5.53. The molecular formula is C19H21NO5. The fourth-order valence-electron chi connectivity index (χ4n) is 2.38. The molecule has 2 rings (SSSR count). The van der Waals surface area contributed by atoms with Crippen molar-refractivity contribution in [1.29, 1.82) is 0 Å². The van der Waals surface area contributed by atoms with Crippen LogP contribution in [0.4, 0.5) is 0 Å². The molecule has 0 aliphatic carbocycles. The van der Waals surface area contributed by atoms with E-state index in [0.717, 1.165) is 5.56 Å². The molecule has 1 amide bonds. The van der Waals surface area contributed by atoms with Gasteiger partial charge in [0.1, 0.15) is 11.5 Å². The van der Waals surface area contributed by atoms with Crippen molar-refractivity contribution in [3.63, 3.8) is 0 Å². The van der Waals surface area contributed by atoms with Crippen LogP contribution in [0.25, 0.3) is 0 Å². The van der Waals surface area contributed by atoms with Gasteiger partial charge in [0.2, 0.25) is 0 Å². The van der Waals surface area contributed by atoms with Crippen LogP contribution in [-0.4, -0.2) is 37.7 Å². The Morgan fingerprint density at radius 2 is 1.68 bits per heavy atom. The van der Waals surface area contributed by atoms with E-state index < -0.39 is 11.9 Å². The highest BCUT2D eigenvalue weighted by atomic mass is 16.5. The van der Waals surface area contributed by atoms with E-state index in [1.165, 1.54) is 7.11 Å². The molecule has 2 aromatic rings. The third kappa shape index (κ3) is 5.24. The molecule has 0 saturated carbocycles. The molecule has 0 saturated heterocycles. The number of hydrogen-bond acceptors (Lipinski definition) is 5. The Kier molecular flexibility index (Phi) is 6.39. The minimum absolute atomic E-state index is 0.151. The maximum Gasteiger partial charge on any atom is 0.310 e. The van der Waals surface area contributed by atoms with E-state index in [4.69, 9.17) is 9.47 Å². The summed E-state index contributed by atoms with van der Waals surface area (Å²) >= 11 is 0. The smallest absolute Gasteiger partial charge is 0.310 e. The molecule has 2 N–H and O–H groups in total. The van der Waals surface area contributed by atoms with Crippen LogP contribution in [0.3, 0.4) is 0 Å². The first-order chi connectivity index (χ1) is 12.0. The van der Waals surface area contributed by atoms with E-state index in [0.29, 0.717) is 17.7 Å². The summed E-state index contributed by atoms with van der Waals surface area (Å²) in [6.07, 6.45) is 0.399. The first-order valence-corrected chi connectivity index (χ1v) is 7.81. The molecule has 2 aromatic carbocycles. The van der Waals surface area contributed by atoms with Crippen LogP contribution in [0.1, 0.15) is 15.9 Å². The Balaban J connectivity index is 2.00. The molecule has 6 nitrogen and oxygen atoms in total. The summed E-state index contributed by atoms with van der Waals surface area (Å²) in [7, 11) is 2.87. The minimum atomic E-state index is -0.517. The van der Waals surface area contributed by atoms with Crippen LogP contribution in [0, 0.1) is 5.92 Å². The van der Waals surface area contributed by atoms with Gasteiger partial charge in [-0.15, -0.1) is 0 Å². The van der Waals surface area contributed by atoms with Crippen molar-refractivity contribution >= 4 is 11.9 Å². The third-order valence-electron chi connectivity index (χ3n) is 3.81. The van der Waals surface area contributed by atoms with Crippen LogP contribution in [0.5, 0.6) is 11.5 Å². The number of nitrogens with one attached hydrogen (secondary N) is 1. The number of rotatable bonds is 7. The summed E-state index contributed by atoms with van der Waals surface area (Å²) < 4.78 is 9.88. The number of phenols is 1. The summed E-state index contributed by atoms with van der Waals surface area (Å²) in [4.78, 5) is 24.2. The SMILES string of the molecule is COC(=O)[C@H](CNC(=O)c1ccc(OC)cc1)Cc1ccc(O)cc1. The van der Waals surface area contributed by atoms with E-state index in [9.17, 15) is 14.7 Å². The molecule has 0 heterocycles. The van der Waals surface area contributed by atoms with Gasteiger partial charge in [0.15, 0.2) is 0 Å². The topological polar surface area (TPSA) is 84.9 Å². The predicted molar refractivity (Wildman–Crippen MR) is 92.6 cm³/mol. The number of phenolic OH excluding ortho intramolecular Hbond substituents is 1. The molecule has 0 aromatic heterocycles. The predicted octanol–water partition coefficient (Wildman–Crippen LogP) is 2.16. The first kappa shape index (κ1) is 18.3. The summed E-state index contributed by atoms with van der Waals surface area (Å²) in [6, 6.07) is 13.3. The Bertz CT molecular complexity index is 710. The number of aromatic hydroxyl groups is 1. The number of esters is 1. The summed E-state index contributed by atoms with van der Waals surface area (Å²) in [5, 5.41) is 12.1.